The van der Waals surface area contributed by atoms with Gasteiger partial charge in [-0.05, 0) is 43.0 Å². The summed E-state index contributed by atoms with van der Waals surface area (Å²) in [5.74, 6) is 0.874. The summed E-state index contributed by atoms with van der Waals surface area (Å²) in [6.07, 6.45) is 3.94. The van der Waals surface area contributed by atoms with Crippen molar-refractivity contribution >= 4 is 5.91 Å². The van der Waals surface area contributed by atoms with Crippen molar-refractivity contribution in [2.45, 2.75) is 32.9 Å². The number of hydrogen-bond acceptors (Lipinski definition) is 4. The number of halogens is 1. The second kappa shape index (κ2) is 7.42. The zero-order chi connectivity index (χ0) is 16.9. The normalized spacial score (nSPS) is 17.8. The van der Waals surface area contributed by atoms with Crippen molar-refractivity contribution < 1.29 is 13.9 Å². The molecule has 1 saturated heterocycles. The highest BCUT2D eigenvalue weighted by molar-refractivity contribution is 5.76. The van der Waals surface area contributed by atoms with Gasteiger partial charge in [-0.1, -0.05) is 12.1 Å². The summed E-state index contributed by atoms with van der Waals surface area (Å²) in [6.45, 7) is 4.21. The molecule has 0 spiro atoms. The number of amides is 1. The standard InChI is InChI=1S/C17H21FN4O2/c1-13-3-2-8-21(9-13)17(23)11-22-10-15(19-20-22)12-24-16-6-4-14(18)5-7-16/h4-7,10,13H,2-3,8-9,11-12H2,1H3. The van der Waals surface area contributed by atoms with Gasteiger partial charge in [-0.2, -0.15) is 0 Å². The highest BCUT2D eigenvalue weighted by Gasteiger charge is 2.21. The summed E-state index contributed by atoms with van der Waals surface area (Å²) in [6, 6.07) is 5.79. The predicted octanol–water partition coefficient (Wildman–Crippen LogP) is 2.25. The van der Waals surface area contributed by atoms with Gasteiger partial charge in [0.25, 0.3) is 0 Å². The fourth-order valence-corrected chi connectivity index (χ4v) is 2.82. The smallest absolute Gasteiger partial charge is 0.244 e. The Labute approximate surface area is 140 Å². The minimum absolute atomic E-state index is 0.0671. The zero-order valence-electron chi connectivity index (χ0n) is 13.7. The van der Waals surface area contributed by atoms with Gasteiger partial charge in [-0.25, -0.2) is 9.07 Å². The summed E-state index contributed by atoms with van der Waals surface area (Å²) in [7, 11) is 0. The topological polar surface area (TPSA) is 60.2 Å². The van der Waals surface area contributed by atoms with E-state index in [9.17, 15) is 9.18 Å². The minimum atomic E-state index is -0.307. The van der Waals surface area contributed by atoms with Crippen LogP contribution in [0.1, 0.15) is 25.5 Å². The molecule has 1 aromatic heterocycles. The summed E-state index contributed by atoms with van der Waals surface area (Å²) in [5.41, 5.74) is 0.624. The molecule has 128 valence electrons. The number of ether oxygens (including phenoxy) is 1. The van der Waals surface area contributed by atoms with Crippen LogP contribution in [0.25, 0.3) is 0 Å². The third kappa shape index (κ3) is 4.31. The second-order valence-corrected chi connectivity index (χ2v) is 6.24. The molecular weight excluding hydrogens is 311 g/mol. The van der Waals surface area contributed by atoms with Gasteiger partial charge in [-0.15, -0.1) is 5.10 Å². The Morgan fingerprint density at radius 3 is 2.92 bits per heavy atom. The highest BCUT2D eigenvalue weighted by atomic mass is 19.1. The average Bonchev–Trinajstić information content (AvgIpc) is 3.02. The number of hydrogen-bond donors (Lipinski definition) is 0. The van der Waals surface area contributed by atoms with Crippen LogP contribution >= 0.6 is 0 Å². The first-order valence-corrected chi connectivity index (χ1v) is 8.15. The van der Waals surface area contributed by atoms with E-state index in [1.54, 1.807) is 18.3 Å². The van der Waals surface area contributed by atoms with Crippen LogP contribution in [0.3, 0.4) is 0 Å². The van der Waals surface area contributed by atoms with Crippen molar-refractivity contribution in [1.29, 1.82) is 0 Å². The first-order chi connectivity index (χ1) is 11.6. The average molecular weight is 332 g/mol. The zero-order valence-corrected chi connectivity index (χ0v) is 13.7. The Hall–Kier alpha value is -2.44. The number of nitrogens with zero attached hydrogens (tertiary/aromatic N) is 4. The van der Waals surface area contributed by atoms with Crippen LogP contribution < -0.4 is 4.74 Å². The van der Waals surface area contributed by atoms with Crippen LogP contribution in [0.4, 0.5) is 4.39 Å². The van der Waals surface area contributed by atoms with Crippen LogP contribution in [-0.2, 0) is 17.9 Å². The van der Waals surface area contributed by atoms with E-state index in [0.29, 0.717) is 17.4 Å². The van der Waals surface area contributed by atoms with Crippen LogP contribution in [0.15, 0.2) is 30.5 Å². The maximum atomic E-state index is 12.8. The van der Waals surface area contributed by atoms with E-state index < -0.39 is 0 Å². The van der Waals surface area contributed by atoms with Crippen LogP contribution in [0.5, 0.6) is 5.75 Å². The summed E-state index contributed by atoms with van der Waals surface area (Å²) in [5, 5.41) is 7.98. The molecule has 1 aromatic carbocycles. The lowest BCUT2D eigenvalue weighted by Crippen LogP contribution is -2.40. The van der Waals surface area contributed by atoms with Crippen molar-refractivity contribution in [2.24, 2.45) is 5.92 Å². The third-order valence-electron chi connectivity index (χ3n) is 4.09. The largest absolute Gasteiger partial charge is 0.487 e. The fraction of sp³-hybridized carbons (Fsp3) is 0.471. The molecule has 6 nitrogen and oxygen atoms in total. The summed E-state index contributed by atoms with van der Waals surface area (Å²) in [4.78, 5) is 14.2. The number of carbonyl (C=O) groups excluding carboxylic acids is 1. The van der Waals surface area contributed by atoms with Gasteiger partial charge in [0.2, 0.25) is 5.91 Å². The monoisotopic (exact) mass is 332 g/mol. The second-order valence-electron chi connectivity index (χ2n) is 6.24. The molecule has 1 atom stereocenters. The molecule has 0 bridgehead atoms. The van der Waals surface area contributed by atoms with Crippen molar-refractivity contribution in [3.8, 4) is 5.75 Å². The first-order valence-electron chi connectivity index (χ1n) is 8.15. The molecule has 0 aliphatic carbocycles. The van der Waals surface area contributed by atoms with Gasteiger partial charge in [-0.3, -0.25) is 4.79 Å². The maximum Gasteiger partial charge on any atom is 0.244 e. The van der Waals surface area contributed by atoms with E-state index >= 15 is 0 Å². The highest BCUT2D eigenvalue weighted by Crippen LogP contribution is 2.16. The number of aromatic nitrogens is 3. The molecule has 1 aliphatic rings. The first kappa shape index (κ1) is 16.4. The van der Waals surface area contributed by atoms with Crippen LogP contribution in [-0.4, -0.2) is 38.9 Å². The molecule has 3 rings (SSSR count). The fourth-order valence-electron chi connectivity index (χ4n) is 2.82. The number of likely N-dealkylation sites (tertiary alicyclic amines) is 1. The van der Waals surface area contributed by atoms with Gasteiger partial charge in [0.15, 0.2) is 0 Å². The Morgan fingerprint density at radius 2 is 2.17 bits per heavy atom. The molecule has 24 heavy (non-hydrogen) atoms. The number of rotatable bonds is 5. The summed E-state index contributed by atoms with van der Waals surface area (Å²) >= 11 is 0. The molecule has 0 radical (unpaired) electrons. The van der Waals surface area contributed by atoms with Crippen molar-refractivity contribution in [3.63, 3.8) is 0 Å². The molecule has 2 aromatic rings. The van der Waals surface area contributed by atoms with E-state index in [2.05, 4.69) is 17.2 Å². The Balaban J connectivity index is 1.51. The number of carbonyl (C=O) groups is 1. The SMILES string of the molecule is CC1CCCN(C(=O)Cn2cc(COc3ccc(F)cc3)nn2)C1. The van der Waals surface area contributed by atoms with Crippen molar-refractivity contribution in [2.75, 3.05) is 13.1 Å². The molecular formula is C17H21FN4O2. The van der Waals surface area contributed by atoms with Crippen LogP contribution in [0.2, 0.25) is 0 Å². The van der Waals surface area contributed by atoms with Gasteiger partial charge >= 0.3 is 0 Å². The van der Waals surface area contributed by atoms with Gasteiger partial charge < -0.3 is 9.64 Å². The Morgan fingerprint density at radius 1 is 1.38 bits per heavy atom. The van der Waals surface area contributed by atoms with E-state index in [-0.39, 0.29) is 24.9 Å². The lowest BCUT2D eigenvalue weighted by Gasteiger charge is -2.30. The van der Waals surface area contributed by atoms with Gasteiger partial charge in [0.1, 0.15) is 30.4 Å². The molecule has 1 amide bonds. The molecule has 1 fully saturated rings. The lowest BCUT2D eigenvalue weighted by molar-refractivity contribution is -0.133. The van der Waals surface area contributed by atoms with E-state index in [1.807, 2.05) is 4.90 Å². The number of benzene rings is 1. The van der Waals surface area contributed by atoms with Crippen LogP contribution in [0, 0.1) is 11.7 Å². The molecule has 0 saturated carbocycles. The van der Waals surface area contributed by atoms with E-state index in [0.717, 1.165) is 19.5 Å². The molecule has 7 heteroatoms. The molecule has 1 aliphatic heterocycles. The third-order valence-corrected chi connectivity index (χ3v) is 4.09. The number of piperidine rings is 1. The molecule has 0 N–H and O–H groups in total. The Bertz CT molecular complexity index is 686. The predicted molar refractivity (Wildman–Crippen MR) is 85.7 cm³/mol. The molecule has 2 heterocycles. The van der Waals surface area contributed by atoms with E-state index in [1.165, 1.54) is 23.2 Å². The minimum Gasteiger partial charge on any atom is -0.487 e. The lowest BCUT2D eigenvalue weighted by atomic mass is 10.0. The van der Waals surface area contributed by atoms with E-state index in [4.69, 9.17) is 4.74 Å². The van der Waals surface area contributed by atoms with Crippen molar-refractivity contribution in [3.05, 3.63) is 42.0 Å². The molecule has 1 unspecified atom stereocenters. The van der Waals surface area contributed by atoms with Crippen molar-refractivity contribution in [1.82, 2.24) is 19.9 Å². The summed E-state index contributed by atoms with van der Waals surface area (Å²) < 4.78 is 19.9. The van der Waals surface area contributed by atoms with Gasteiger partial charge in [0.05, 0.1) is 6.20 Å². The Kier molecular flexibility index (Phi) is 5.08. The maximum absolute atomic E-state index is 12.8. The quantitative estimate of drug-likeness (QED) is 0.843. The van der Waals surface area contributed by atoms with Gasteiger partial charge in [0, 0.05) is 13.1 Å².